The largest absolute Gasteiger partial charge is 0.623 e. The second-order valence-electron chi connectivity index (χ2n) is 6.75. The summed E-state index contributed by atoms with van der Waals surface area (Å²) in [6.07, 6.45) is 2.91. The molecule has 1 heterocycles. The van der Waals surface area contributed by atoms with Gasteiger partial charge in [0.05, 0.1) is 5.41 Å². The van der Waals surface area contributed by atoms with Gasteiger partial charge in [0.1, 0.15) is 0 Å². The highest BCUT2D eigenvalue weighted by atomic mass is 16.5. The van der Waals surface area contributed by atoms with Crippen LogP contribution in [0, 0.1) is 10.6 Å². The SMILES string of the molecule is C/C=C(\c1ccccc1)[C@H]1CC(C)(C)C(c2ccccc2)=[N+]1[O-]. The third-order valence-corrected chi connectivity index (χ3v) is 4.67. The molecule has 23 heavy (non-hydrogen) atoms. The van der Waals surface area contributed by atoms with Crippen LogP contribution < -0.4 is 0 Å². The minimum absolute atomic E-state index is 0.132. The number of rotatable bonds is 3. The van der Waals surface area contributed by atoms with E-state index in [1.54, 1.807) is 0 Å². The average molecular weight is 305 g/mol. The molecule has 1 aliphatic heterocycles. The lowest BCUT2D eigenvalue weighted by Crippen LogP contribution is -2.24. The molecule has 0 radical (unpaired) electrons. The van der Waals surface area contributed by atoms with Crippen molar-refractivity contribution in [3.05, 3.63) is 83.1 Å². The molecule has 0 fully saturated rings. The van der Waals surface area contributed by atoms with Crippen molar-refractivity contribution in [3.63, 3.8) is 0 Å². The van der Waals surface area contributed by atoms with E-state index in [4.69, 9.17) is 0 Å². The summed E-state index contributed by atoms with van der Waals surface area (Å²) < 4.78 is 1.23. The average Bonchev–Trinajstić information content (AvgIpc) is 2.79. The van der Waals surface area contributed by atoms with E-state index in [0.29, 0.717) is 0 Å². The number of hydrogen-bond donors (Lipinski definition) is 0. The van der Waals surface area contributed by atoms with Gasteiger partial charge in [-0.1, -0.05) is 54.6 Å². The van der Waals surface area contributed by atoms with Crippen molar-refractivity contribution in [2.75, 3.05) is 0 Å². The van der Waals surface area contributed by atoms with Gasteiger partial charge in [-0.15, -0.1) is 0 Å². The van der Waals surface area contributed by atoms with Crippen LogP contribution in [0.25, 0.3) is 5.57 Å². The second kappa shape index (κ2) is 6.04. The lowest BCUT2D eigenvalue weighted by Gasteiger charge is -2.16. The predicted octanol–water partition coefficient (Wildman–Crippen LogP) is 4.89. The Morgan fingerprint density at radius 1 is 1.04 bits per heavy atom. The third kappa shape index (κ3) is 2.81. The molecule has 2 aromatic rings. The van der Waals surface area contributed by atoms with E-state index in [2.05, 4.69) is 32.1 Å². The Kier molecular flexibility index (Phi) is 4.08. The second-order valence-corrected chi connectivity index (χ2v) is 6.75. The van der Waals surface area contributed by atoms with Gasteiger partial charge >= 0.3 is 0 Å². The first kappa shape index (κ1) is 15.5. The lowest BCUT2D eigenvalue weighted by atomic mass is 9.80. The number of benzene rings is 2. The summed E-state index contributed by atoms with van der Waals surface area (Å²) in [5.41, 5.74) is 4.01. The minimum atomic E-state index is -0.142. The van der Waals surface area contributed by atoms with E-state index >= 15 is 0 Å². The molecule has 0 spiro atoms. The van der Waals surface area contributed by atoms with Gasteiger partial charge in [0.25, 0.3) is 0 Å². The highest BCUT2D eigenvalue weighted by Gasteiger charge is 2.46. The van der Waals surface area contributed by atoms with Crippen molar-refractivity contribution in [3.8, 4) is 0 Å². The summed E-state index contributed by atoms with van der Waals surface area (Å²) in [6.45, 7) is 6.35. The lowest BCUT2D eigenvalue weighted by molar-refractivity contribution is -0.474. The maximum atomic E-state index is 13.1. The predicted molar refractivity (Wildman–Crippen MR) is 96.5 cm³/mol. The summed E-state index contributed by atoms with van der Waals surface area (Å²) in [5, 5.41) is 13.1. The van der Waals surface area contributed by atoms with Crippen LogP contribution >= 0.6 is 0 Å². The Bertz CT molecular complexity index is 742. The highest BCUT2D eigenvalue weighted by Crippen LogP contribution is 2.39. The van der Waals surface area contributed by atoms with Crippen LogP contribution in [-0.2, 0) is 0 Å². The van der Waals surface area contributed by atoms with Gasteiger partial charge in [-0.2, -0.15) is 0 Å². The first-order valence-electron chi connectivity index (χ1n) is 8.15. The number of allylic oxidation sites excluding steroid dienone is 1. The molecule has 0 N–H and O–H groups in total. The van der Waals surface area contributed by atoms with Gasteiger partial charge in [0.2, 0.25) is 5.71 Å². The molecule has 118 valence electrons. The minimum Gasteiger partial charge on any atom is -0.623 e. The fourth-order valence-electron chi connectivity index (χ4n) is 3.65. The van der Waals surface area contributed by atoms with Gasteiger partial charge in [-0.05, 0) is 38.5 Å². The van der Waals surface area contributed by atoms with Crippen LogP contribution in [0.2, 0.25) is 0 Å². The number of hydrogen-bond acceptors (Lipinski definition) is 1. The Morgan fingerprint density at radius 3 is 2.17 bits per heavy atom. The molecule has 0 saturated carbocycles. The first-order chi connectivity index (χ1) is 11.0. The van der Waals surface area contributed by atoms with E-state index in [1.165, 1.54) is 4.74 Å². The zero-order valence-electron chi connectivity index (χ0n) is 14.0. The van der Waals surface area contributed by atoms with Crippen molar-refractivity contribution in [1.29, 1.82) is 0 Å². The molecule has 0 unspecified atom stereocenters. The fourth-order valence-corrected chi connectivity index (χ4v) is 3.65. The summed E-state index contributed by atoms with van der Waals surface area (Å²) in [5.74, 6) is 0. The molecular weight excluding hydrogens is 282 g/mol. The van der Waals surface area contributed by atoms with Crippen molar-refractivity contribution >= 4 is 11.3 Å². The standard InChI is InChI=1S/C21H23NO/c1-4-18(16-11-7-5-8-12-16)19-15-21(2,3)20(22(19)23)17-13-9-6-10-14-17/h4-14,19H,15H2,1-3H3/b18-4+/t19-/m1/s1. The van der Waals surface area contributed by atoms with Gasteiger partial charge < -0.3 is 5.21 Å². The van der Waals surface area contributed by atoms with Crippen LogP contribution in [0.4, 0.5) is 0 Å². The van der Waals surface area contributed by atoms with Crippen LogP contribution in [-0.4, -0.2) is 16.5 Å². The van der Waals surface area contributed by atoms with Gasteiger partial charge in [-0.25, -0.2) is 4.74 Å². The molecule has 3 rings (SSSR count). The molecular formula is C21H23NO. The molecule has 0 amide bonds. The van der Waals surface area contributed by atoms with E-state index in [9.17, 15) is 5.21 Å². The molecule has 0 saturated heterocycles. The van der Waals surface area contributed by atoms with E-state index in [1.807, 2.05) is 55.5 Å². The molecule has 1 atom stereocenters. The molecule has 2 heteroatoms. The molecule has 2 aromatic carbocycles. The van der Waals surface area contributed by atoms with Crippen LogP contribution in [0.3, 0.4) is 0 Å². The van der Waals surface area contributed by atoms with E-state index in [-0.39, 0.29) is 11.5 Å². The summed E-state index contributed by atoms with van der Waals surface area (Å²) in [7, 11) is 0. The summed E-state index contributed by atoms with van der Waals surface area (Å²) >= 11 is 0. The third-order valence-electron chi connectivity index (χ3n) is 4.67. The maximum Gasteiger partial charge on any atom is 0.200 e. The Balaban J connectivity index is 2.07. The van der Waals surface area contributed by atoms with Gasteiger partial charge in [0, 0.05) is 17.6 Å². The summed E-state index contributed by atoms with van der Waals surface area (Å²) in [6, 6.07) is 20.1. The van der Waals surface area contributed by atoms with E-state index < -0.39 is 0 Å². The zero-order chi connectivity index (χ0) is 16.4. The topological polar surface area (TPSA) is 26.1 Å². The van der Waals surface area contributed by atoms with Gasteiger partial charge in [-0.3, -0.25) is 0 Å². The quantitative estimate of drug-likeness (QED) is 0.586. The van der Waals surface area contributed by atoms with Crippen molar-refractivity contribution in [2.45, 2.75) is 33.2 Å². The fraction of sp³-hybridized carbons (Fsp3) is 0.286. The maximum absolute atomic E-state index is 13.1. The molecule has 0 aromatic heterocycles. The van der Waals surface area contributed by atoms with Crippen molar-refractivity contribution < 1.29 is 4.74 Å². The summed E-state index contributed by atoms with van der Waals surface area (Å²) in [4.78, 5) is 0. The van der Waals surface area contributed by atoms with E-state index in [0.717, 1.165) is 28.8 Å². The first-order valence-corrected chi connectivity index (χ1v) is 8.15. The molecule has 0 bridgehead atoms. The Labute approximate surface area is 138 Å². The molecule has 1 aliphatic rings. The monoisotopic (exact) mass is 305 g/mol. The van der Waals surface area contributed by atoms with Gasteiger partial charge in [0.15, 0.2) is 6.04 Å². The van der Waals surface area contributed by atoms with Crippen molar-refractivity contribution in [1.82, 2.24) is 0 Å². The Morgan fingerprint density at radius 2 is 1.61 bits per heavy atom. The number of hydroxylamine groups is 1. The highest BCUT2D eigenvalue weighted by molar-refractivity contribution is 6.02. The van der Waals surface area contributed by atoms with Crippen LogP contribution in [0.5, 0.6) is 0 Å². The zero-order valence-corrected chi connectivity index (χ0v) is 14.0. The normalized spacial score (nSPS) is 20.8. The number of nitrogens with zero attached hydrogens (tertiary/aromatic N) is 1. The van der Waals surface area contributed by atoms with Crippen LogP contribution in [0.1, 0.15) is 38.3 Å². The van der Waals surface area contributed by atoms with Crippen molar-refractivity contribution in [2.24, 2.45) is 5.41 Å². The Hall–Kier alpha value is -2.35. The molecule has 2 nitrogen and oxygen atoms in total. The van der Waals surface area contributed by atoms with Crippen LogP contribution in [0.15, 0.2) is 66.7 Å². The smallest absolute Gasteiger partial charge is 0.200 e. The molecule has 0 aliphatic carbocycles.